The van der Waals surface area contributed by atoms with Gasteiger partial charge in [0, 0.05) is 7.05 Å². The molecule has 7 nitrogen and oxygen atoms in total. The van der Waals surface area contributed by atoms with Gasteiger partial charge in [0.25, 0.3) is 0 Å². The topological polar surface area (TPSA) is 87.9 Å². The first-order valence-corrected chi connectivity index (χ1v) is 9.72. The Morgan fingerprint density at radius 1 is 1.25 bits per heavy atom. The van der Waals surface area contributed by atoms with Crippen molar-refractivity contribution in [2.45, 2.75) is 31.1 Å². The molecule has 1 aromatic carbocycles. The molecule has 1 amide bonds. The van der Waals surface area contributed by atoms with Crippen molar-refractivity contribution in [1.29, 1.82) is 5.26 Å². The van der Waals surface area contributed by atoms with E-state index in [4.69, 9.17) is 4.42 Å². The van der Waals surface area contributed by atoms with Crippen LogP contribution < -0.4 is 0 Å². The number of aromatic nitrogens is 3. The molecule has 2 heterocycles. The van der Waals surface area contributed by atoms with Crippen molar-refractivity contribution in [2.75, 3.05) is 12.8 Å². The van der Waals surface area contributed by atoms with Gasteiger partial charge in [-0.3, -0.25) is 9.36 Å². The van der Waals surface area contributed by atoms with Crippen molar-refractivity contribution in [3.05, 3.63) is 54.3 Å². The Bertz CT molecular complexity index is 974. The Morgan fingerprint density at radius 2 is 2.00 bits per heavy atom. The number of thioether (sulfide) groups is 1. The fourth-order valence-electron chi connectivity index (χ4n) is 2.50. The molecule has 0 aliphatic heterocycles. The number of carbonyl (C=O) groups excluding carboxylic acids is 1. The third-order valence-corrected chi connectivity index (χ3v) is 5.40. The van der Waals surface area contributed by atoms with Crippen LogP contribution in [0.1, 0.15) is 19.4 Å². The molecule has 0 aliphatic rings. The highest BCUT2D eigenvalue weighted by Gasteiger charge is 2.27. The van der Waals surface area contributed by atoms with Crippen LogP contribution in [0.3, 0.4) is 0 Å². The Balaban J connectivity index is 1.83. The second kappa shape index (κ2) is 8.31. The van der Waals surface area contributed by atoms with E-state index in [0.29, 0.717) is 23.3 Å². The summed E-state index contributed by atoms with van der Waals surface area (Å²) in [7, 11) is 1.63. The summed E-state index contributed by atoms with van der Waals surface area (Å²) in [5.41, 5.74) is 0.223. The summed E-state index contributed by atoms with van der Waals surface area (Å²) in [5, 5.41) is 18.4. The zero-order valence-corrected chi connectivity index (χ0v) is 16.8. The molecule has 0 spiro atoms. The Kier molecular flexibility index (Phi) is 5.85. The summed E-state index contributed by atoms with van der Waals surface area (Å²) in [5.74, 6) is 1.23. The average Bonchev–Trinajstić information content (AvgIpc) is 3.36. The smallest absolute Gasteiger partial charge is 0.234 e. The first-order chi connectivity index (χ1) is 13.4. The van der Waals surface area contributed by atoms with Crippen LogP contribution in [0.5, 0.6) is 0 Å². The molecular formula is C20H21N5O2S. The molecule has 2 aromatic heterocycles. The molecule has 0 saturated heterocycles. The summed E-state index contributed by atoms with van der Waals surface area (Å²) in [6, 6.07) is 15.7. The summed E-state index contributed by atoms with van der Waals surface area (Å²) < 4.78 is 7.42. The quantitative estimate of drug-likeness (QED) is 0.570. The zero-order chi connectivity index (χ0) is 20.1. The number of benzene rings is 1. The zero-order valence-electron chi connectivity index (χ0n) is 16.0. The lowest BCUT2D eigenvalue weighted by Crippen LogP contribution is -2.44. The van der Waals surface area contributed by atoms with E-state index in [9.17, 15) is 10.1 Å². The minimum Gasteiger partial charge on any atom is -0.461 e. The van der Waals surface area contributed by atoms with Gasteiger partial charge in [0.15, 0.2) is 10.9 Å². The molecule has 0 bridgehead atoms. The van der Waals surface area contributed by atoms with Crippen molar-refractivity contribution in [3.63, 3.8) is 0 Å². The van der Waals surface area contributed by atoms with Gasteiger partial charge in [-0.2, -0.15) is 5.26 Å². The minimum absolute atomic E-state index is 0.148. The Morgan fingerprint density at radius 3 is 2.64 bits per heavy atom. The van der Waals surface area contributed by atoms with Crippen LogP contribution in [0.25, 0.3) is 11.6 Å². The van der Waals surface area contributed by atoms with Crippen molar-refractivity contribution >= 4 is 17.7 Å². The predicted octanol–water partition coefficient (Wildman–Crippen LogP) is 3.44. The van der Waals surface area contributed by atoms with Crippen LogP contribution in [0.4, 0.5) is 0 Å². The number of nitrogens with zero attached hydrogens (tertiary/aromatic N) is 5. The van der Waals surface area contributed by atoms with E-state index in [0.717, 1.165) is 5.56 Å². The lowest BCUT2D eigenvalue weighted by atomic mass is 10.1. The number of furan rings is 1. The van der Waals surface area contributed by atoms with Gasteiger partial charge in [0.05, 0.1) is 24.6 Å². The van der Waals surface area contributed by atoms with Crippen LogP contribution in [0.2, 0.25) is 0 Å². The molecule has 0 fully saturated rings. The van der Waals surface area contributed by atoms with E-state index in [1.54, 1.807) is 33.2 Å². The summed E-state index contributed by atoms with van der Waals surface area (Å²) in [4.78, 5) is 14.0. The molecule has 0 saturated carbocycles. The van der Waals surface area contributed by atoms with Crippen LogP contribution in [-0.2, 0) is 11.3 Å². The minimum atomic E-state index is -0.866. The van der Waals surface area contributed by atoms with Crippen molar-refractivity contribution in [1.82, 2.24) is 19.7 Å². The molecule has 0 unspecified atom stereocenters. The monoisotopic (exact) mass is 395 g/mol. The maximum absolute atomic E-state index is 12.5. The molecule has 0 N–H and O–H groups in total. The standard InChI is InChI=1S/C20H21N5O2S/c1-20(2,14-21)24(3)17(26)13-28-19-23-22-18(16-10-7-11-27-16)25(19)12-15-8-5-4-6-9-15/h4-11H,12-13H2,1-3H3. The predicted molar refractivity (Wildman–Crippen MR) is 106 cm³/mol. The largest absolute Gasteiger partial charge is 0.461 e. The molecule has 0 atom stereocenters. The number of carbonyl (C=O) groups is 1. The third kappa shape index (κ3) is 4.26. The van der Waals surface area contributed by atoms with Gasteiger partial charge in [-0.25, -0.2) is 0 Å². The second-order valence-corrected chi connectivity index (χ2v) is 7.71. The molecule has 3 rings (SSSR count). The lowest BCUT2D eigenvalue weighted by Gasteiger charge is -2.28. The number of hydrogen-bond donors (Lipinski definition) is 0. The van der Waals surface area contributed by atoms with Crippen molar-refractivity contribution in [3.8, 4) is 17.7 Å². The molecule has 0 aliphatic carbocycles. The summed E-state index contributed by atoms with van der Waals surface area (Å²) >= 11 is 1.29. The van der Waals surface area contributed by atoms with Crippen LogP contribution in [0.15, 0.2) is 58.3 Å². The maximum Gasteiger partial charge on any atom is 0.234 e. The van der Waals surface area contributed by atoms with Gasteiger partial charge in [-0.05, 0) is 31.5 Å². The normalized spacial score (nSPS) is 11.2. The highest BCUT2D eigenvalue weighted by Crippen LogP contribution is 2.26. The molecule has 144 valence electrons. The second-order valence-electron chi connectivity index (χ2n) is 6.77. The van der Waals surface area contributed by atoms with Gasteiger partial charge >= 0.3 is 0 Å². The Labute approximate surface area is 168 Å². The highest BCUT2D eigenvalue weighted by molar-refractivity contribution is 7.99. The number of hydrogen-bond acceptors (Lipinski definition) is 6. The average molecular weight is 395 g/mol. The van der Waals surface area contributed by atoms with E-state index in [-0.39, 0.29) is 11.7 Å². The van der Waals surface area contributed by atoms with Crippen molar-refractivity contribution < 1.29 is 9.21 Å². The fraction of sp³-hybridized carbons (Fsp3) is 0.300. The Hall–Kier alpha value is -3.05. The fourth-order valence-corrected chi connectivity index (χ4v) is 3.35. The first-order valence-electron chi connectivity index (χ1n) is 8.74. The lowest BCUT2D eigenvalue weighted by molar-refractivity contribution is -0.130. The van der Waals surface area contributed by atoms with E-state index < -0.39 is 5.54 Å². The number of nitriles is 1. The van der Waals surface area contributed by atoms with E-state index >= 15 is 0 Å². The molecular weight excluding hydrogens is 374 g/mol. The van der Waals surface area contributed by atoms with E-state index in [1.807, 2.05) is 41.0 Å². The molecule has 0 radical (unpaired) electrons. The van der Waals surface area contributed by atoms with Gasteiger partial charge in [0.2, 0.25) is 11.7 Å². The van der Waals surface area contributed by atoms with E-state index in [1.165, 1.54) is 16.7 Å². The van der Waals surface area contributed by atoms with Gasteiger partial charge < -0.3 is 9.32 Å². The van der Waals surface area contributed by atoms with Crippen LogP contribution >= 0.6 is 11.8 Å². The number of rotatable bonds is 7. The van der Waals surface area contributed by atoms with E-state index in [2.05, 4.69) is 16.3 Å². The van der Waals surface area contributed by atoms with Crippen LogP contribution in [-0.4, -0.2) is 43.9 Å². The third-order valence-electron chi connectivity index (χ3n) is 4.45. The van der Waals surface area contributed by atoms with Crippen molar-refractivity contribution in [2.24, 2.45) is 0 Å². The first kappa shape index (κ1) is 19.7. The maximum atomic E-state index is 12.5. The molecule has 28 heavy (non-hydrogen) atoms. The summed E-state index contributed by atoms with van der Waals surface area (Å²) in [6.07, 6.45) is 1.59. The van der Waals surface area contributed by atoms with Gasteiger partial charge in [0.1, 0.15) is 5.54 Å². The summed E-state index contributed by atoms with van der Waals surface area (Å²) in [6.45, 7) is 3.98. The molecule has 3 aromatic rings. The van der Waals surface area contributed by atoms with Crippen LogP contribution in [0, 0.1) is 11.3 Å². The highest BCUT2D eigenvalue weighted by atomic mass is 32.2. The van der Waals surface area contributed by atoms with Gasteiger partial charge in [-0.15, -0.1) is 10.2 Å². The molecule has 8 heteroatoms. The van der Waals surface area contributed by atoms with Gasteiger partial charge in [-0.1, -0.05) is 42.1 Å². The number of amides is 1. The SMILES string of the molecule is CN(C(=O)CSc1nnc(-c2ccco2)n1Cc1ccccc1)C(C)(C)C#N.